The van der Waals surface area contributed by atoms with Gasteiger partial charge in [0.15, 0.2) is 17.9 Å². The average molecular weight is 264 g/mol. The van der Waals surface area contributed by atoms with Crippen molar-refractivity contribution in [3.63, 3.8) is 0 Å². The molecule has 1 aromatic heterocycles. The highest BCUT2D eigenvalue weighted by atomic mass is 16.5. The molecule has 1 atom stereocenters. The molecule has 0 fully saturated rings. The molecule has 1 unspecified atom stereocenters. The fourth-order valence-corrected chi connectivity index (χ4v) is 2.07. The SMILES string of the molecule is Cc1oc2c(OCC(=O)O)cccc2c1CC(C)O. The lowest BCUT2D eigenvalue weighted by Crippen LogP contribution is -2.09. The van der Waals surface area contributed by atoms with Crippen LogP contribution in [0, 0.1) is 6.92 Å². The van der Waals surface area contributed by atoms with E-state index in [2.05, 4.69) is 0 Å². The van der Waals surface area contributed by atoms with E-state index in [-0.39, 0.29) is 0 Å². The molecular weight excluding hydrogens is 248 g/mol. The molecule has 0 aliphatic rings. The van der Waals surface area contributed by atoms with Gasteiger partial charge < -0.3 is 19.4 Å². The van der Waals surface area contributed by atoms with Gasteiger partial charge in [0.1, 0.15) is 5.76 Å². The number of fused-ring (bicyclic) bond motifs is 1. The number of ether oxygens (including phenoxy) is 1. The van der Waals surface area contributed by atoms with Crippen LogP contribution in [0.25, 0.3) is 11.0 Å². The van der Waals surface area contributed by atoms with Crippen LogP contribution in [-0.2, 0) is 11.2 Å². The van der Waals surface area contributed by atoms with E-state index < -0.39 is 18.7 Å². The van der Waals surface area contributed by atoms with Crippen molar-refractivity contribution in [2.75, 3.05) is 6.61 Å². The standard InChI is InChI=1S/C14H16O5/c1-8(15)6-11-9(2)19-14-10(11)4-3-5-12(14)18-7-13(16)17/h3-5,8,15H,6-7H2,1-2H3,(H,16,17). The smallest absolute Gasteiger partial charge is 0.341 e. The van der Waals surface area contributed by atoms with Gasteiger partial charge in [-0.15, -0.1) is 0 Å². The second-order valence-electron chi connectivity index (χ2n) is 4.51. The van der Waals surface area contributed by atoms with Gasteiger partial charge in [-0.2, -0.15) is 0 Å². The van der Waals surface area contributed by atoms with Gasteiger partial charge in [0.2, 0.25) is 0 Å². The highest BCUT2D eigenvalue weighted by Gasteiger charge is 2.16. The second kappa shape index (κ2) is 5.32. The van der Waals surface area contributed by atoms with Gasteiger partial charge in [-0.1, -0.05) is 12.1 Å². The van der Waals surface area contributed by atoms with Crippen LogP contribution in [0.15, 0.2) is 22.6 Å². The van der Waals surface area contributed by atoms with E-state index in [9.17, 15) is 9.90 Å². The van der Waals surface area contributed by atoms with Crippen LogP contribution in [-0.4, -0.2) is 28.9 Å². The highest BCUT2D eigenvalue weighted by Crippen LogP contribution is 2.33. The maximum Gasteiger partial charge on any atom is 0.341 e. The fourth-order valence-electron chi connectivity index (χ4n) is 2.07. The summed E-state index contributed by atoms with van der Waals surface area (Å²) in [6.07, 6.45) is 0.0180. The van der Waals surface area contributed by atoms with E-state index in [1.165, 1.54) is 0 Å². The number of carbonyl (C=O) groups is 1. The van der Waals surface area contributed by atoms with E-state index in [0.717, 1.165) is 10.9 Å². The zero-order valence-electron chi connectivity index (χ0n) is 10.8. The Labute approximate surface area is 110 Å². The third kappa shape index (κ3) is 2.88. The number of hydrogen-bond donors (Lipinski definition) is 2. The maximum absolute atomic E-state index is 10.5. The van der Waals surface area contributed by atoms with Gasteiger partial charge >= 0.3 is 5.97 Å². The molecule has 2 N–H and O–H groups in total. The van der Waals surface area contributed by atoms with Gasteiger partial charge in [0.05, 0.1) is 6.10 Å². The van der Waals surface area contributed by atoms with E-state index >= 15 is 0 Å². The number of aliphatic hydroxyl groups is 1. The topological polar surface area (TPSA) is 79.9 Å². The summed E-state index contributed by atoms with van der Waals surface area (Å²) in [5.74, 6) is 0.0756. The summed E-state index contributed by atoms with van der Waals surface area (Å²) in [6.45, 7) is 3.12. The number of carboxylic acids is 1. The molecular formula is C14H16O5. The number of carboxylic acid groups (broad SMARTS) is 1. The molecule has 0 saturated carbocycles. The minimum atomic E-state index is -1.04. The Balaban J connectivity index is 2.43. The van der Waals surface area contributed by atoms with Gasteiger partial charge in [-0.3, -0.25) is 0 Å². The quantitative estimate of drug-likeness (QED) is 0.864. The summed E-state index contributed by atoms with van der Waals surface area (Å²) in [7, 11) is 0. The molecule has 1 heterocycles. The molecule has 19 heavy (non-hydrogen) atoms. The van der Waals surface area contributed by atoms with Crippen LogP contribution in [0.1, 0.15) is 18.2 Å². The Morgan fingerprint density at radius 2 is 2.21 bits per heavy atom. The van der Waals surface area contributed by atoms with E-state index in [0.29, 0.717) is 23.5 Å². The molecule has 0 radical (unpaired) electrons. The van der Waals surface area contributed by atoms with Crippen molar-refractivity contribution in [2.24, 2.45) is 0 Å². The number of benzene rings is 1. The molecule has 0 aliphatic heterocycles. The van der Waals surface area contributed by atoms with Crippen LogP contribution in [0.3, 0.4) is 0 Å². The van der Waals surface area contributed by atoms with Crippen LogP contribution >= 0.6 is 0 Å². The predicted octanol–water partition coefficient (Wildman–Crippen LogP) is 2.13. The average Bonchev–Trinajstić information content (AvgIpc) is 2.63. The number of aryl methyl sites for hydroxylation is 1. The second-order valence-corrected chi connectivity index (χ2v) is 4.51. The van der Waals surface area contributed by atoms with Crippen molar-refractivity contribution in [3.8, 4) is 5.75 Å². The zero-order chi connectivity index (χ0) is 14.0. The first-order valence-electron chi connectivity index (χ1n) is 6.02. The van der Waals surface area contributed by atoms with Crippen molar-refractivity contribution in [3.05, 3.63) is 29.5 Å². The van der Waals surface area contributed by atoms with Gasteiger partial charge in [-0.05, 0) is 19.9 Å². The van der Waals surface area contributed by atoms with Gasteiger partial charge in [0, 0.05) is 17.4 Å². The molecule has 0 saturated heterocycles. The summed E-state index contributed by atoms with van der Waals surface area (Å²) >= 11 is 0. The fraction of sp³-hybridized carbons (Fsp3) is 0.357. The first-order valence-corrected chi connectivity index (χ1v) is 6.02. The lowest BCUT2D eigenvalue weighted by molar-refractivity contribution is -0.139. The summed E-state index contributed by atoms with van der Waals surface area (Å²) < 4.78 is 10.8. The number of rotatable bonds is 5. The molecule has 0 amide bonds. The number of para-hydroxylation sites is 1. The lowest BCUT2D eigenvalue weighted by Gasteiger charge is -2.04. The molecule has 0 spiro atoms. The molecule has 5 heteroatoms. The van der Waals surface area contributed by atoms with Crippen LogP contribution in [0.5, 0.6) is 5.75 Å². The number of furan rings is 1. The van der Waals surface area contributed by atoms with E-state index in [1.807, 2.05) is 13.0 Å². The minimum Gasteiger partial charge on any atom is -0.479 e. The van der Waals surface area contributed by atoms with Crippen molar-refractivity contribution in [1.29, 1.82) is 0 Å². The normalized spacial score (nSPS) is 12.6. The Kier molecular flexibility index (Phi) is 3.76. The molecule has 2 aromatic rings. The molecule has 0 aliphatic carbocycles. The number of hydrogen-bond acceptors (Lipinski definition) is 4. The van der Waals surface area contributed by atoms with Crippen LogP contribution < -0.4 is 4.74 Å². The molecule has 5 nitrogen and oxygen atoms in total. The van der Waals surface area contributed by atoms with E-state index in [4.69, 9.17) is 14.3 Å². The molecule has 1 aromatic carbocycles. The monoisotopic (exact) mass is 264 g/mol. The van der Waals surface area contributed by atoms with Gasteiger partial charge in [0.25, 0.3) is 0 Å². The zero-order valence-corrected chi connectivity index (χ0v) is 10.8. The first-order chi connectivity index (χ1) is 8.99. The van der Waals surface area contributed by atoms with Crippen LogP contribution in [0.2, 0.25) is 0 Å². The summed E-state index contributed by atoms with van der Waals surface area (Å²) in [5, 5.41) is 19.0. The minimum absolute atomic E-state index is 0.403. The van der Waals surface area contributed by atoms with Crippen molar-refractivity contribution in [2.45, 2.75) is 26.4 Å². The summed E-state index contributed by atoms with van der Waals surface area (Å²) in [4.78, 5) is 10.5. The van der Waals surface area contributed by atoms with Gasteiger partial charge in [-0.25, -0.2) is 4.79 Å². The molecule has 102 valence electrons. The van der Waals surface area contributed by atoms with E-state index in [1.54, 1.807) is 19.1 Å². The van der Waals surface area contributed by atoms with Crippen LogP contribution in [0.4, 0.5) is 0 Å². The largest absolute Gasteiger partial charge is 0.479 e. The number of aliphatic carboxylic acids is 1. The third-order valence-electron chi connectivity index (χ3n) is 2.83. The Bertz CT molecular complexity index is 597. The Hall–Kier alpha value is -2.01. The maximum atomic E-state index is 10.5. The Morgan fingerprint density at radius 3 is 2.84 bits per heavy atom. The molecule has 0 bridgehead atoms. The first kappa shape index (κ1) is 13.4. The number of aliphatic hydroxyl groups excluding tert-OH is 1. The third-order valence-corrected chi connectivity index (χ3v) is 2.83. The lowest BCUT2D eigenvalue weighted by atomic mass is 10.0. The van der Waals surface area contributed by atoms with Crippen molar-refractivity contribution >= 4 is 16.9 Å². The molecule has 2 rings (SSSR count). The highest BCUT2D eigenvalue weighted by molar-refractivity contribution is 5.87. The predicted molar refractivity (Wildman–Crippen MR) is 69.5 cm³/mol. The van der Waals surface area contributed by atoms with Crippen molar-refractivity contribution < 1.29 is 24.2 Å². The van der Waals surface area contributed by atoms with Crippen molar-refractivity contribution in [1.82, 2.24) is 0 Å². The summed E-state index contributed by atoms with van der Waals surface area (Å²) in [5.41, 5.74) is 1.45. The Morgan fingerprint density at radius 1 is 1.47 bits per heavy atom. The summed E-state index contributed by atoms with van der Waals surface area (Å²) in [6, 6.07) is 5.32.